The molecule has 0 saturated carbocycles. The molecule has 2 N–H and O–H groups in total. The van der Waals surface area contributed by atoms with Crippen LogP contribution in [0.25, 0.3) is 0 Å². The van der Waals surface area contributed by atoms with Crippen LogP contribution in [0, 0.1) is 0 Å². The first-order valence-corrected chi connectivity index (χ1v) is 9.25. The number of benzene rings is 2. The van der Waals surface area contributed by atoms with Gasteiger partial charge in [-0.05, 0) is 42.8 Å². The lowest BCUT2D eigenvalue weighted by atomic mass is 10.1. The maximum absolute atomic E-state index is 12.9. The van der Waals surface area contributed by atoms with E-state index in [9.17, 15) is 14.4 Å². The third-order valence-corrected chi connectivity index (χ3v) is 5.31. The summed E-state index contributed by atoms with van der Waals surface area (Å²) >= 11 is 0. The molecule has 2 aromatic rings. The predicted octanol–water partition coefficient (Wildman–Crippen LogP) is 1.72. The van der Waals surface area contributed by atoms with Crippen LogP contribution < -0.4 is 15.5 Å². The van der Waals surface area contributed by atoms with Gasteiger partial charge in [0, 0.05) is 31.9 Å². The number of nitrogens with zero attached hydrogens (tertiary/aromatic N) is 2. The highest BCUT2D eigenvalue weighted by Gasteiger charge is 2.45. The molecule has 0 spiro atoms. The van der Waals surface area contributed by atoms with Gasteiger partial charge in [-0.25, -0.2) is 0 Å². The first-order valence-electron chi connectivity index (χ1n) is 9.25. The molecule has 0 unspecified atom stereocenters. The first kappa shape index (κ1) is 18.0. The SMILES string of the molecule is CN(C)c1ccc(C(=O)N[C@@H]2CCN3C(=O)c4ccccc4NC(=O)[C@H]23)cc1. The van der Waals surface area contributed by atoms with Crippen molar-refractivity contribution in [2.75, 3.05) is 30.9 Å². The number of carbonyl (C=O) groups excluding carboxylic acids is 3. The average Bonchev–Trinajstić information content (AvgIpc) is 3.07. The van der Waals surface area contributed by atoms with Crippen molar-refractivity contribution in [2.45, 2.75) is 18.5 Å². The average molecular weight is 378 g/mol. The van der Waals surface area contributed by atoms with Crippen molar-refractivity contribution in [3.05, 3.63) is 59.7 Å². The van der Waals surface area contributed by atoms with Gasteiger partial charge in [-0.15, -0.1) is 0 Å². The Balaban J connectivity index is 1.54. The van der Waals surface area contributed by atoms with E-state index in [1.807, 2.05) is 31.1 Å². The molecule has 1 fully saturated rings. The van der Waals surface area contributed by atoms with Crippen LogP contribution in [0.3, 0.4) is 0 Å². The van der Waals surface area contributed by atoms with Crippen LogP contribution in [0.2, 0.25) is 0 Å². The number of carbonyl (C=O) groups is 3. The summed E-state index contributed by atoms with van der Waals surface area (Å²) in [5, 5.41) is 5.77. The Morgan fingerprint density at radius 3 is 2.54 bits per heavy atom. The molecule has 3 amide bonds. The van der Waals surface area contributed by atoms with Crippen molar-refractivity contribution in [3.8, 4) is 0 Å². The summed E-state index contributed by atoms with van der Waals surface area (Å²) in [6.45, 7) is 0.426. The lowest BCUT2D eigenvalue weighted by Gasteiger charge is -2.25. The lowest BCUT2D eigenvalue weighted by molar-refractivity contribution is -0.120. The Kier molecular flexibility index (Phi) is 4.50. The van der Waals surface area contributed by atoms with Crippen molar-refractivity contribution in [1.29, 1.82) is 0 Å². The van der Waals surface area contributed by atoms with E-state index in [4.69, 9.17) is 0 Å². The topological polar surface area (TPSA) is 81.8 Å². The van der Waals surface area contributed by atoms with Gasteiger partial charge < -0.3 is 20.4 Å². The summed E-state index contributed by atoms with van der Waals surface area (Å²) in [4.78, 5) is 41.9. The zero-order valence-corrected chi connectivity index (χ0v) is 15.8. The van der Waals surface area contributed by atoms with Crippen molar-refractivity contribution in [3.63, 3.8) is 0 Å². The summed E-state index contributed by atoms with van der Waals surface area (Å²) in [5.41, 5.74) is 2.50. The first-order chi connectivity index (χ1) is 13.5. The van der Waals surface area contributed by atoms with E-state index >= 15 is 0 Å². The van der Waals surface area contributed by atoms with Gasteiger partial charge in [0.05, 0.1) is 17.3 Å². The van der Waals surface area contributed by atoms with Gasteiger partial charge >= 0.3 is 0 Å². The second-order valence-corrected chi connectivity index (χ2v) is 7.29. The van der Waals surface area contributed by atoms with E-state index in [0.717, 1.165) is 5.69 Å². The second-order valence-electron chi connectivity index (χ2n) is 7.29. The fraction of sp³-hybridized carbons (Fsp3) is 0.286. The van der Waals surface area contributed by atoms with Gasteiger partial charge in [-0.3, -0.25) is 14.4 Å². The number of amides is 3. The van der Waals surface area contributed by atoms with Crippen LogP contribution in [0.5, 0.6) is 0 Å². The molecule has 2 atom stereocenters. The van der Waals surface area contributed by atoms with E-state index in [1.165, 1.54) is 0 Å². The van der Waals surface area contributed by atoms with Gasteiger partial charge in [-0.2, -0.15) is 0 Å². The quantitative estimate of drug-likeness (QED) is 0.852. The van der Waals surface area contributed by atoms with Crippen LogP contribution >= 0.6 is 0 Å². The monoisotopic (exact) mass is 378 g/mol. The zero-order valence-electron chi connectivity index (χ0n) is 15.8. The number of nitrogens with one attached hydrogen (secondary N) is 2. The van der Waals surface area contributed by atoms with Gasteiger partial charge in [0.15, 0.2) is 0 Å². The maximum atomic E-state index is 12.9. The van der Waals surface area contributed by atoms with Crippen molar-refractivity contribution in [1.82, 2.24) is 10.2 Å². The molecule has 1 saturated heterocycles. The van der Waals surface area contributed by atoms with Crippen LogP contribution in [0.4, 0.5) is 11.4 Å². The molecular formula is C21H22N4O3. The van der Waals surface area contributed by atoms with Crippen LogP contribution in [0.15, 0.2) is 48.5 Å². The molecule has 0 aliphatic carbocycles. The van der Waals surface area contributed by atoms with E-state index in [2.05, 4.69) is 10.6 Å². The van der Waals surface area contributed by atoms with Crippen LogP contribution in [0.1, 0.15) is 27.1 Å². The molecule has 2 heterocycles. The summed E-state index contributed by atoms with van der Waals surface area (Å²) < 4.78 is 0. The summed E-state index contributed by atoms with van der Waals surface area (Å²) in [6.07, 6.45) is 0.535. The molecular weight excluding hydrogens is 356 g/mol. The standard InChI is InChI=1S/C21H22N4O3/c1-24(2)14-9-7-13(8-10-14)19(26)23-17-11-12-25-18(17)20(27)22-16-6-4-3-5-15(16)21(25)28/h3-10,17-18H,11-12H2,1-2H3,(H,22,27)(H,23,26)/t17-,18+/m1/s1. The van der Waals surface area contributed by atoms with Gasteiger partial charge in [0.2, 0.25) is 5.91 Å². The highest BCUT2D eigenvalue weighted by Crippen LogP contribution is 2.29. The number of rotatable bonds is 3. The molecule has 0 aromatic heterocycles. The Hall–Kier alpha value is -3.35. The highest BCUT2D eigenvalue weighted by atomic mass is 16.2. The highest BCUT2D eigenvalue weighted by molar-refractivity contribution is 6.10. The molecule has 2 aliphatic heterocycles. The minimum Gasteiger partial charge on any atom is -0.378 e. The van der Waals surface area contributed by atoms with E-state index in [0.29, 0.717) is 29.8 Å². The van der Waals surface area contributed by atoms with Gasteiger partial charge in [-0.1, -0.05) is 12.1 Å². The molecule has 0 radical (unpaired) electrons. The Labute approximate surface area is 163 Å². The number of anilines is 2. The Morgan fingerprint density at radius 2 is 1.82 bits per heavy atom. The third-order valence-electron chi connectivity index (χ3n) is 5.31. The number of fused-ring (bicyclic) bond motifs is 2. The molecule has 2 aromatic carbocycles. The lowest BCUT2D eigenvalue weighted by Crippen LogP contribution is -2.51. The van der Waals surface area contributed by atoms with Crippen LogP contribution in [-0.4, -0.2) is 55.3 Å². The molecule has 2 aliphatic rings. The summed E-state index contributed by atoms with van der Waals surface area (Å²) in [7, 11) is 3.86. The fourth-order valence-corrected chi connectivity index (χ4v) is 3.80. The van der Waals surface area contributed by atoms with E-state index in [1.54, 1.807) is 41.3 Å². The summed E-state index contributed by atoms with van der Waals surface area (Å²) in [6, 6.07) is 13.1. The largest absolute Gasteiger partial charge is 0.378 e. The minimum atomic E-state index is -0.718. The zero-order chi connectivity index (χ0) is 19.8. The van der Waals surface area contributed by atoms with Gasteiger partial charge in [0.1, 0.15) is 6.04 Å². The molecule has 0 bridgehead atoms. The number of hydrogen-bond acceptors (Lipinski definition) is 4. The molecule has 4 rings (SSSR count). The second kappa shape index (κ2) is 6.99. The van der Waals surface area contributed by atoms with Crippen LogP contribution in [-0.2, 0) is 4.79 Å². The summed E-state index contributed by atoms with van der Waals surface area (Å²) in [5.74, 6) is -0.714. The number of hydrogen-bond donors (Lipinski definition) is 2. The van der Waals surface area contributed by atoms with Gasteiger partial charge in [0.25, 0.3) is 11.8 Å². The fourth-order valence-electron chi connectivity index (χ4n) is 3.80. The Morgan fingerprint density at radius 1 is 1.11 bits per heavy atom. The third kappa shape index (κ3) is 3.09. The molecule has 7 nitrogen and oxygen atoms in total. The minimum absolute atomic E-state index is 0.189. The van der Waals surface area contributed by atoms with Crippen molar-refractivity contribution >= 4 is 29.1 Å². The predicted molar refractivity (Wildman–Crippen MR) is 107 cm³/mol. The molecule has 144 valence electrons. The molecule has 7 heteroatoms. The van der Waals surface area contributed by atoms with E-state index in [-0.39, 0.29) is 17.7 Å². The molecule has 28 heavy (non-hydrogen) atoms. The number of para-hydroxylation sites is 1. The Bertz CT molecular complexity index is 939. The van der Waals surface area contributed by atoms with E-state index < -0.39 is 12.1 Å². The smallest absolute Gasteiger partial charge is 0.256 e. The normalized spacial score (nSPS) is 20.7. The van der Waals surface area contributed by atoms with Crippen molar-refractivity contribution in [2.24, 2.45) is 0 Å². The maximum Gasteiger partial charge on any atom is 0.256 e. The van der Waals surface area contributed by atoms with Crippen molar-refractivity contribution < 1.29 is 14.4 Å².